The fourth-order valence-corrected chi connectivity index (χ4v) is 5.70. The van der Waals surface area contributed by atoms with Crippen molar-refractivity contribution in [2.75, 3.05) is 22.9 Å². The lowest BCUT2D eigenvalue weighted by Gasteiger charge is -2.06. The van der Waals surface area contributed by atoms with Gasteiger partial charge in [0.05, 0.1) is 38.0 Å². The number of nitrogens with two attached hydrogens (primary N) is 1. The van der Waals surface area contributed by atoms with Gasteiger partial charge in [-0.2, -0.15) is 0 Å². The first kappa shape index (κ1) is 22.7. The number of nitrogens with one attached hydrogen (secondary N) is 3. The number of pyridine rings is 1. The van der Waals surface area contributed by atoms with Crippen LogP contribution in [-0.2, 0) is 6.54 Å². The zero-order chi connectivity index (χ0) is 24.5. The molecule has 1 aromatic carbocycles. The lowest BCUT2D eigenvalue weighted by molar-refractivity contribution is 0.103. The fraction of sp³-hybridized carbons (Fsp3) is 0.192. The van der Waals surface area contributed by atoms with E-state index in [4.69, 9.17) is 10.7 Å². The van der Waals surface area contributed by atoms with Crippen LogP contribution in [0.3, 0.4) is 0 Å². The highest BCUT2D eigenvalue weighted by Gasteiger charge is 2.20. The summed E-state index contributed by atoms with van der Waals surface area (Å²) < 4.78 is 2.12. The highest BCUT2D eigenvalue weighted by atomic mass is 32.1. The normalized spacial score (nSPS) is 13.2. The van der Waals surface area contributed by atoms with Gasteiger partial charge in [0.15, 0.2) is 5.13 Å². The van der Waals surface area contributed by atoms with E-state index < -0.39 is 0 Å². The Kier molecular flexibility index (Phi) is 6.14. The van der Waals surface area contributed by atoms with Crippen molar-refractivity contribution < 1.29 is 4.79 Å². The van der Waals surface area contributed by atoms with Crippen LogP contribution in [0.4, 0.5) is 21.5 Å². The smallest absolute Gasteiger partial charge is 0.265 e. The Morgan fingerprint density at radius 1 is 1.06 bits per heavy atom. The number of carbonyl (C=O) groups excluding carboxylic acids is 1. The van der Waals surface area contributed by atoms with E-state index in [-0.39, 0.29) is 5.91 Å². The van der Waals surface area contributed by atoms with Gasteiger partial charge < -0.3 is 21.7 Å². The van der Waals surface area contributed by atoms with Gasteiger partial charge in [-0.05, 0) is 55.6 Å². The minimum absolute atomic E-state index is 0.195. The number of hydrogen-bond acceptors (Lipinski definition) is 8. The van der Waals surface area contributed by atoms with Crippen LogP contribution in [0.5, 0.6) is 0 Å². The SMILES string of the molecule is Nc1ccccc1NC(=O)c1ccc(Nc2ncc(-c3cnc4c(CNCC5CC5)cccn34)s2)s1. The van der Waals surface area contributed by atoms with E-state index in [0.717, 1.165) is 45.4 Å². The Balaban J connectivity index is 1.14. The maximum atomic E-state index is 12.6. The van der Waals surface area contributed by atoms with Crippen LogP contribution in [-0.4, -0.2) is 26.8 Å². The molecule has 10 heteroatoms. The fourth-order valence-electron chi connectivity index (χ4n) is 4.00. The van der Waals surface area contributed by atoms with E-state index in [1.165, 1.54) is 29.7 Å². The summed E-state index contributed by atoms with van der Waals surface area (Å²) in [5.41, 5.74) is 10.2. The number of fused-ring (bicyclic) bond motifs is 1. The van der Waals surface area contributed by atoms with E-state index >= 15 is 0 Å². The molecule has 36 heavy (non-hydrogen) atoms. The number of rotatable bonds is 9. The molecule has 182 valence electrons. The van der Waals surface area contributed by atoms with E-state index in [0.29, 0.717) is 16.3 Å². The van der Waals surface area contributed by atoms with Crippen LogP contribution in [0.15, 0.2) is 67.1 Å². The summed E-state index contributed by atoms with van der Waals surface area (Å²) in [7, 11) is 0. The molecule has 1 fully saturated rings. The van der Waals surface area contributed by atoms with Gasteiger partial charge in [-0.1, -0.05) is 29.5 Å². The molecule has 1 aliphatic carbocycles. The van der Waals surface area contributed by atoms with Crippen molar-refractivity contribution >= 4 is 55.7 Å². The predicted octanol–water partition coefficient (Wildman–Crippen LogP) is 5.60. The predicted molar refractivity (Wildman–Crippen MR) is 147 cm³/mol. The van der Waals surface area contributed by atoms with Crippen LogP contribution in [0.2, 0.25) is 0 Å². The average molecular weight is 516 g/mol. The topological polar surface area (TPSA) is 109 Å². The molecule has 4 aromatic heterocycles. The molecular weight excluding hydrogens is 490 g/mol. The Morgan fingerprint density at radius 2 is 1.94 bits per heavy atom. The van der Waals surface area contributed by atoms with Crippen LogP contribution in [0.25, 0.3) is 16.2 Å². The minimum Gasteiger partial charge on any atom is -0.397 e. The molecule has 0 radical (unpaired) electrons. The monoisotopic (exact) mass is 515 g/mol. The quantitative estimate of drug-likeness (QED) is 0.190. The third-order valence-corrected chi connectivity index (χ3v) is 8.02. The number of thiophene rings is 1. The second-order valence-corrected chi connectivity index (χ2v) is 10.9. The molecule has 0 bridgehead atoms. The average Bonchev–Trinajstić information content (AvgIpc) is 3.24. The molecular formula is C26H25N7OS2. The van der Waals surface area contributed by atoms with E-state index in [1.54, 1.807) is 29.5 Å². The molecule has 1 aliphatic rings. The summed E-state index contributed by atoms with van der Waals surface area (Å²) in [5.74, 6) is 0.651. The Morgan fingerprint density at radius 3 is 2.81 bits per heavy atom. The Bertz CT molecular complexity index is 1530. The number of benzene rings is 1. The first-order valence-electron chi connectivity index (χ1n) is 11.8. The zero-order valence-corrected chi connectivity index (χ0v) is 21.0. The first-order chi connectivity index (χ1) is 17.6. The third kappa shape index (κ3) is 4.83. The highest BCUT2D eigenvalue weighted by Crippen LogP contribution is 2.34. The summed E-state index contributed by atoms with van der Waals surface area (Å²) in [5, 5.41) is 11.3. The van der Waals surface area contributed by atoms with Crippen molar-refractivity contribution in [3.05, 3.63) is 77.6 Å². The van der Waals surface area contributed by atoms with Crippen molar-refractivity contribution in [2.24, 2.45) is 5.92 Å². The molecule has 5 N–H and O–H groups in total. The van der Waals surface area contributed by atoms with E-state index in [9.17, 15) is 4.79 Å². The van der Waals surface area contributed by atoms with E-state index in [2.05, 4.69) is 37.5 Å². The number of aromatic nitrogens is 3. The van der Waals surface area contributed by atoms with Crippen molar-refractivity contribution in [1.29, 1.82) is 0 Å². The summed E-state index contributed by atoms with van der Waals surface area (Å²) in [4.78, 5) is 23.5. The molecule has 0 spiro atoms. The molecule has 1 saturated carbocycles. The zero-order valence-electron chi connectivity index (χ0n) is 19.4. The maximum Gasteiger partial charge on any atom is 0.265 e. The van der Waals surface area contributed by atoms with Gasteiger partial charge in [-0.15, -0.1) is 11.3 Å². The number of anilines is 4. The van der Waals surface area contributed by atoms with Gasteiger partial charge in [0.1, 0.15) is 5.65 Å². The number of thiazole rings is 1. The number of amides is 1. The summed E-state index contributed by atoms with van der Waals surface area (Å²) >= 11 is 2.91. The molecule has 0 atom stereocenters. The lowest BCUT2D eigenvalue weighted by Crippen LogP contribution is -2.16. The van der Waals surface area contributed by atoms with Crippen LogP contribution in [0.1, 0.15) is 28.1 Å². The van der Waals surface area contributed by atoms with Crippen molar-refractivity contribution in [2.45, 2.75) is 19.4 Å². The standard InChI is InChI=1S/C26H25N7OS2/c27-18-5-1-2-6-19(18)31-25(34)21-9-10-23(35-21)32-26-30-15-22(36-26)20-14-29-24-17(4-3-11-33(20)24)13-28-12-16-7-8-16/h1-6,9-11,14-16,28H,7-8,12-13,27H2,(H,30,32)(H,31,34). The largest absolute Gasteiger partial charge is 0.397 e. The highest BCUT2D eigenvalue weighted by molar-refractivity contribution is 7.20. The first-order valence-corrected chi connectivity index (χ1v) is 13.4. The van der Waals surface area contributed by atoms with Gasteiger partial charge in [0.25, 0.3) is 5.91 Å². The Labute approximate surface area is 216 Å². The molecule has 6 rings (SSSR count). The number of nitrogens with zero attached hydrogens (tertiary/aromatic N) is 3. The third-order valence-electron chi connectivity index (χ3n) is 6.09. The van der Waals surface area contributed by atoms with Gasteiger partial charge in [0.2, 0.25) is 0 Å². The van der Waals surface area contributed by atoms with Gasteiger partial charge in [0, 0.05) is 24.5 Å². The summed E-state index contributed by atoms with van der Waals surface area (Å²) in [6, 6.07) is 15.1. The van der Waals surface area contributed by atoms with E-state index in [1.807, 2.05) is 36.8 Å². The summed E-state index contributed by atoms with van der Waals surface area (Å²) in [6.07, 6.45) is 8.48. The van der Waals surface area contributed by atoms with Crippen molar-refractivity contribution in [3.8, 4) is 10.6 Å². The summed E-state index contributed by atoms with van der Waals surface area (Å²) in [6.45, 7) is 1.89. The van der Waals surface area contributed by atoms with Crippen LogP contribution in [0, 0.1) is 5.92 Å². The molecule has 5 aromatic rings. The molecule has 0 unspecified atom stereocenters. The number of para-hydroxylation sites is 2. The van der Waals surface area contributed by atoms with Crippen molar-refractivity contribution in [3.63, 3.8) is 0 Å². The van der Waals surface area contributed by atoms with Gasteiger partial charge >= 0.3 is 0 Å². The molecule has 4 heterocycles. The molecule has 1 amide bonds. The number of nitrogen functional groups attached to an aromatic ring is 1. The molecule has 0 aliphatic heterocycles. The second kappa shape index (κ2) is 9.73. The van der Waals surface area contributed by atoms with Crippen molar-refractivity contribution in [1.82, 2.24) is 19.7 Å². The van der Waals surface area contributed by atoms with Gasteiger partial charge in [-0.25, -0.2) is 9.97 Å². The number of carbonyl (C=O) groups is 1. The van der Waals surface area contributed by atoms with Gasteiger partial charge in [-0.3, -0.25) is 9.20 Å². The maximum absolute atomic E-state index is 12.6. The van der Waals surface area contributed by atoms with Crippen LogP contribution < -0.4 is 21.7 Å². The lowest BCUT2D eigenvalue weighted by atomic mass is 10.2. The molecule has 8 nitrogen and oxygen atoms in total. The molecule has 0 saturated heterocycles. The second-order valence-electron chi connectivity index (χ2n) is 8.80. The number of imidazole rings is 1. The Hall–Kier alpha value is -3.73. The minimum atomic E-state index is -0.195. The number of hydrogen-bond donors (Lipinski definition) is 4. The van der Waals surface area contributed by atoms with Crippen LogP contribution >= 0.6 is 22.7 Å².